The van der Waals surface area contributed by atoms with Crippen LogP contribution in [0.2, 0.25) is 0 Å². The van der Waals surface area contributed by atoms with Gasteiger partial charge in [-0.3, -0.25) is 0 Å². The Morgan fingerprint density at radius 3 is 2.59 bits per heavy atom. The summed E-state index contributed by atoms with van der Waals surface area (Å²) in [5.74, 6) is 1.47. The Hall–Kier alpha value is -0.210. The van der Waals surface area contributed by atoms with Gasteiger partial charge in [-0.2, -0.15) is 0 Å². The quantitative estimate of drug-likeness (QED) is 0.704. The van der Waals surface area contributed by atoms with E-state index in [0.717, 1.165) is 16.0 Å². The molecule has 0 bridgehead atoms. The van der Waals surface area contributed by atoms with E-state index in [2.05, 4.69) is 52.9 Å². The highest BCUT2D eigenvalue weighted by atomic mass is 79.9. The molecule has 17 heavy (non-hydrogen) atoms. The Balaban J connectivity index is 2.19. The normalized spacial score (nSPS) is 15.4. The van der Waals surface area contributed by atoms with E-state index in [4.69, 9.17) is 11.6 Å². The van der Waals surface area contributed by atoms with Crippen LogP contribution in [0.3, 0.4) is 0 Å². The maximum absolute atomic E-state index is 5.88. The molecule has 0 amide bonds. The zero-order valence-corrected chi connectivity index (χ0v) is 12.8. The standard InChI is InChI=1S/C14H19BrClN/c1-10(2)17(9-11-3-4-11)13-6-5-12(8-16)14(15)7-13/h5-7,10-11H,3-4,8-9H2,1-2H3. The van der Waals surface area contributed by atoms with Crippen molar-refractivity contribution < 1.29 is 0 Å². The van der Waals surface area contributed by atoms with Crippen LogP contribution in [0, 0.1) is 5.92 Å². The van der Waals surface area contributed by atoms with Crippen molar-refractivity contribution in [3.05, 3.63) is 28.2 Å². The van der Waals surface area contributed by atoms with Gasteiger partial charge in [0, 0.05) is 28.6 Å². The summed E-state index contributed by atoms with van der Waals surface area (Å²) in [5.41, 5.74) is 2.46. The molecule has 0 aliphatic heterocycles. The first-order valence-electron chi connectivity index (χ1n) is 6.23. The molecule has 0 N–H and O–H groups in total. The smallest absolute Gasteiger partial charge is 0.0485 e. The molecule has 1 aliphatic rings. The summed E-state index contributed by atoms with van der Waals surface area (Å²) in [6.07, 6.45) is 2.79. The number of halogens is 2. The highest BCUT2D eigenvalue weighted by Gasteiger charge is 2.25. The van der Waals surface area contributed by atoms with E-state index in [9.17, 15) is 0 Å². The third-order valence-corrected chi connectivity index (χ3v) is 4.31. The SMILES string of the molecule is CC(C)N(CC1CC1)c1ccc(CCl)c(Br)c1. The average Bonchev–Trinajstić information content (AvgIpc) is 3.09. The van der Waals surface area contributed by atoms with Crippen LogP contribution in [0.25, 0.3) is 0 Å². The van der Waals surface area contributed by atoms with Gasteiger partial charge in [0.2, 0.25) is 0 Å². The number of alkyl halides is 1. The second-order valence-corrected chi connectivity index (χ2v) is 6.22. The van der Waals surface area contributed by atoms with Crippen molar-refractivity contribution in [3.8, 4) is 0 Å². The molecule has 0 spiro atoms. The van der Waals surface area contributed by atoms with Gasteiger partial charge in [0.25, 0.3) is 0 Å². The molecule has 0 unspecified atom stereocenters. The van der Waals surface area contributed by atoms with Gasteiger partial charge in [-0.05, 0) is 50.3 Å². The van der Waals surface area contributed by atoms with Gasteiger partial charge in [0.1, 0.15) is 0 Å². The number of rotatable bonds is 5. The lowest BCUT2D eigenvalue weighted by Crippen LogP contribution is -2.32. The Morgan fingerprint density at radius 2 is 2.12 bits per heavy atom. The molecule has 1 aromatic carbocycles. The lowest BCUT2D eigenvalue weighted by molar-refractivity contribution is 0.644. The van der Waals surface area contributed by atoms with Crippen LogP contribution in [-0.4, -0.2) is 12.6 Å². The molecule has 3 heteroatoms. The monoisotopic (exact) mass is 315 g/mol. The van der Waals surface area contributed by atoms with E-state index in [0.29, 0.717) is 11.9 Å². The minimum absolute atomic E-state index is 0.546. The van der Waals surface area contributed by atoms with Crippen LogP contribution in [0.15, 0.2) is 22.7 Å². The fourth-order valence-corrected chi connectivity index (χ4v) is 2.92. The zero-order chi connectivity index (χ0) is 12.4. The van der Waals surface area contributed by atoms with E-state index < -0.39 is 0 Å². The summed E-state index contributed by atoms with van der Waals surface area (Å²) >= 11 is 9.47. The number of nitrogens with zero attached hydrogens (tertiary/aromatic N) is 1. The lowest BCUT2D eigenvalue weighted by Gasteiger charge is -2.29. The Kier molecular flexibility index (Phi) is 4.37. The van der Waals surface area contributed by atoms with Gasteiger partial charge in [-0.15, -0.1) is 11.6 Å². The van der Waals surface area contributed by atoms with Gasteiger partial charge in [0.15, 0.2) is 0 Å². The Labute approximate surface area is 117 Å². The van der Waals surface area contributed by atoms with Crippen LogP contribution in [0.1, 0.15) is 32.3 Å². The van der Waals surface area contributed by atoms with Gasteiger partial charge in [-0.1, -0.05) is 22.0 Å². The molecular formula is C14H19BrClN. The Bertz CT molecular complexity index is 388. The summed E-state index contributed by atoms with van der Waals surface area (Å²) in [6, 6.07) is 7.05. The maximum atomic E-state index is 5.88. The predicted molar refractivity (Wildman–Crippen MR) is 78.9 cm³/mol. The molecule has 1 nitrogen and oxygen atoms in total. The van der Waals surface area contributed by atoms with E-state index in [1.165, 1.54) is 25.1 Å². The van der Waals surface area contributed by atoms with Crippen LogP contribution in [0.4, 0.5) is 5.69 Å². The van der Waals surface area contributed by atoms with Crippen molar-refractivity contribution in [1.82, 2.24) is 0 Å². The van der Waals surface area contributed by atoms with Crippen LogP contribution in [-0.2, 0) is 5.88 Å². The van der Waals surface area contributed by atoms with Gasteiger partial charge >= 0.3 is 0 Å². The number of benzene rings is 1. The molecule has 1 aliphatic carbocycles. The third-order valence-electron chi connectivity index (χ3n) is 3.29. The number of hydrogen-bond acceptors (Lipinski definition) is 1. The molecule has 0 heterocycles. The predicted octanol–water partition coefficient (Wildman–Crippen LogP) is 4.81. The first-order valence-corrected chi connectivity index (χ1v) is 7.55. The molecule has 2 rings (SSSR count). The average molecular weight is 317 g/mol. The van der Waals surface area contributed by atoms with Crippen molar-refractivity contribution in [2.24, 2.45) is 5.92 Å². The van der Waals surface area contributed by atoms with Crippen molar-refractivity contribution in [2.45, 2.75) is 38.6 Å². The lowest BCUT2D eigenvalue weighted by atomic mass is 10.1. The molecule has 94 valence electrons. The molecule has 1 saturated carbocycles. The second kappa shape index (κ2) is 5.62. The maximum Gasteiger partial charge on any atom is 0.0485 e. The summed E-state index contributed by atoms with van der Waals surface area (Å²) < 4.78 is 1.12. The molecule has 1 aromatic rings. The first-order chi connectivity index (χ1) is 8.11. The highest BCUT2D eigenvalue weighted by molar-refractivity contribution is 9.10. The highest BCUT2D eigenvalue weighted by Crippen LogP contribution is 2.33. The summed E-state index contributed by atoms with van der Waals surface area (Å²) in [5, 5.41) is 0. The van der Waals surface area contributed by atoms with Gasteiger partial charge in [-0.25, -0.2) is 0 Å². The fourth-order valence-electron chi connectivity index (χ4n) is 2.02. The van der Waals surface area contributed by atoms with Crippen LogP contribution in [0.5, 0.6) is 0 Å². The molecule has 0 radical (unpaired) electrons. The largest absolute Gasteiger partial charge is 0.369 e. The molecule has 0 aromatic heterocycles. The summed E-state index contributed by atoms with van der Waals surface area (Å²) in [4.78, 5) is 2.49. The fraction of sp³-hybridized carbons (Fsp3) is 0.571. The van der Waals surface area contributed by atoms with E-state index in [-0.39, 0.29) is 0 Å². The number of anilines is 1. The molecular weight excluding hydrogens is 298 g/mol. The van der Waals surface area contributed by atoms with E-state index in [1.807, 2.05) is 0 Å². The first kappa shape index (κ1) is 13.2. The zero-order valence-electron chi connectivity index (χ0n) is 10.4. The summed E-state index contributed by atoms with van der Waals surface area (Å²) in [6.45, 7) is 5.70. The molecule has 0 atom stereocenters. The van der Waals surface area contributed by atoms with Crippen molar-refractivity contribution in [3.63, 3.8) is 0 Å². The van der Waals surface area contributed by atoms with Crippen molar-refractivity contribution >= 4 is 33.2 Å². The van der Waals surface area contributed by atoms with Crippen molar-refractivity contribution in [2.75, 3.05) is 11.4 Å². The third kappa shape index (κ3) is 3.38. The van der Waals surface area contributed by atoms with Crippen LogP contribution < -0.4 is 4.90 Å². The topological polar surface area (TPSA) is 3.24 Å². The molecule has 0 saturated heterocycles. The van der Waals surface area contributed by atoms with Gasteiger partial charge < -0.3 is 4.90 Å². The second-order valence-electron chi connectivity index (χ2n) is 5.10. The minimum atomic E-state index is 0.546. The number of hydrogen-bond donors (Lipinski definition) is 0. The molecule has 1 fully saturated rings. The van der Waals surface area contributed by atoms with E-state index >= 15 is 0 Å². The van der Waals surface area contributed by atoms with Gasteiger partial charge in [0.05, 0.1) is 0 Å². The van der Waals surface area contributed by atoms with Crippen molar-refractivity contribution in [1.29, 1.82) is 0 Å². The summed E-state index contributed by atoms with van der Waals surface area (Å²) in [7, 11) is 0. The van der Waals surface area contributed by atoms with Crippen LogP contribution >= 0.6 is 27.5 Å². The van der Waals surface area contributed by atoms with E-state index in [1.54, 1.807) is 0 Å². The minimum Gasteiger partial charge on any atom is -0.369 e. The Morgan fingerprint density at radius 1 is 1.41 bits per heavy atom.